The number of amides is 1. The van der Waals surface area contributed by atoms with Crippen LogP contribution in [0.2, 0.25) is 0 Å². The van der Waals surface area contributed by atoms with Crippen LogP contribution in [0.5, 0.6) is 0 Å². The van der Waals surface area contributed by atoms with E-state index < -0.39 is 0 Å². The van der Waals surface area contributed by atoms with Gasteiger partial charge in [-0.15, -0.1) is 29.7 Å². The molecule has 1 N–H and O–H groups in total. The number of aryl methyl sites for hydroxylation is 1. The van der Waals surface area contributed by atoms with Crippen LogP contribution in [0.3, 0.4) is 0 Å². The molecule has 0 fully saturated rings. The number of carbonyl (C=O) groups is 1. The number of fused-ring (bicyclic) bond motifs is 1. The molecule has 0 aliphatic heterocycles. The number of thioether (sulfide) groups is 1. The fourth-order valence-electron chi connectivity index (χ4n) is 1.78. The van der Waals surface area contributed by atoms with Crippen molar-refractivity contribution in [2.45, 2.75) is 24.9 Å². The second-order valence-electron chi connectivity index (χ2n) is 4.57. The summed E-state index contributed by atoms with van der Waals surface area (Å²) in [6.45, 7) is 7.74. The molecule has 0 saturated carbocycles. The van der Waals surface area contributed by atoms with Gasteiger partial charge < -0.3 is 5.32 Å². The summed E-state index contributed by atoms with van der Waals surface area (Å²) in [7, 11) is 0. The van der Waals surface area contributed by atoms with Crippen molar-refractivity contribution in [1.29, 1.82) is 0 Å². The van der Waals surface area contributed by atoms with Gasteiger partial charge in [0.1, 0.15) is 0 Å². The summed E-state index contributed by atoms with van der Waals surface area (Å²) >= 11 is 2.91. The average Bonchev–Trinajstić information content (AvgIpc) is 2.84. The molecule has 0 aliphatic rings. The number of thiazole rings is 1. The van der Waals surface area contributed by atoms with Crippen molar-refractivity contribution in [2.75, 3.05) is 6.54 Å². The van der Waals surface area contributed by atoms with E-state index in [1.807, 2.05) is 19.2 Å². The Kier molecular flexibility index (Phi) is 5.19. The molecule has 5 nitrogen and oxygen atoms in total. The third-order valence-electron chi connectivity index (χ3n) is 2.90. The maximum absolute atomic E-state index is 12.0. The second-order valence-corrected chi connectivity index (χ2v) is 6.73. The standard InChI is InChI=1S/C14H17N3O2S2/c1-4-5-15-13(19)10(3)20-8-11-6-12(18)17-9(2)7-21-14(17)16-11/h4,6-7,10H,1,5,8H2,2-3H3,(H,15,19). The fourth-order valence-corrected chi connectivity index (χ4v) is 3.47. The molecule has 0 bridgehead atoms. The van der Waals surface area contributed by atoms with Gasteiger partial charge in [-0.25, -0.2) is 4.98 Å². The smallest absolute Gasteiger partial charge is 0.258 e. The third-order valence-corrected chi connectivity index (χ3v) is 5.02. The quantitative estimate of drug-likeness (QED) is 0.826. The predicted octanol–water partition coefficient (Wildman–Crippen LogP) is 1.99. The van der Waals surface area contributed by atoms with Gasteiger partial charge in [0, 0.05) is 29.4 Å². The first-order valence-electron chi connectivity index (χ1n) is 6.50. The molecule has 2 heterocycles. The minimum atomic E-state index is -0.199. The van der Waals surface area contributed by atoms with E-state index in [0.29, 0.717) is 23.0 Å². The number of nitrogens with one attached hydrogen (secondary N) is 1. The van der Waals surface area contributed by atoms with Gasteiger partial charge in [-0.1, -0.05) is 6.08 Å². The van der Waals surface area contributed by atoms with Gasteiger partial charge in [0.25, 0.3) is 5.56 Å². The summed E-state index contributed by atoms with van der Waals surface area (Å²) in [6.07, 6.45) is 1.64. The van der Waals surface area contributed by atoms with Crippen LogP contribution in [0.25, 0.3) is 4.96 Å². The molecule has 21 heavy (non-hydrogen) atoms. The van der Waals surface area contributed by atoms with Crippen molar-refractivity contribution in [1.82, 2.24) is 14.7 Å². The summed E-state index contributed by atoms with van der Waals surface area (Å²) in [5.41, 5.74) is 1.53. The minimum Gasteiger partial charge on any atom is -0.352 e. The normalized spacial score (nSPS) is 12.3. The lowest BCUT2D eigenvalue weighted by Crippen LogP contribution is -2.31. The van der Waals surface area contributed by atoms with Crippen LogP contribution in [0.1, 0.15) is 18.3 Å². The molecular weight excluding hydrogens is 306 g/mol. The summed E-state index contributed by atoms with van der Waals surface area (Å²) < 4.78 is 1.60. The maximum Gasteiger partial charge on any atom is 0.258 e. The molecule has 7 heteroatoms. The Balaban J connectivity index is 2.05. The number of carbonyl (C=O) groups excluding carboxylic acids is 1. The van der Waals surface area contributed by atoms with Crippen LogP contribution in [-0.4, -0.2) is 27.1 Å². The van der Waals surface area contributed by atoms with Crippen molar-refractivity contribution in [3.05, 3.63) is 45.8 Å². The highest BCUT2D eigenvalue weighted by molar-refractivity contribution is 7.99. The SMILES string of the molecule is C=CCNC(=O)C(C)SCc1cc(=O)n2c(C)csc2n1. The van der Waals surface area contributed by atoms with Crippen molar-refractivity contribution in [2.24, 2.45) is 0 Å². The van der Waals surface area contributed by atoms with Crippen molar-refractivity contribution in [3.8, 4) is 0 Å². The molecule has 1 unspecified atom stereocenters. The maximum atomic E-state index is 12.0. The van der Waals surface area contributed by atoms with Crippen molar-refractivity contribution < 1.29 is 4.79 Å². The van der Waals surface area contributed by atoms with E-state index in [1.54, 1.807) is 10.5 Å². The monoisotopic (exact) mass is 323 g/mol. The average molecular weight is 323 g/mol. The lowest BCUT2D eigenvalue weighted by Gasteiger charge is -2.10. The van der Waals surface area contributed by atoms with Crippen LogP contribution in [0.4, 0.5) is 0 Å². The molecule has 2 rings (SSSR count). The molecule has 0 radical (unpaired) electrons. The zero-order valence-electron chi connectivity index (χ0n) is 12.0. The van der Waals surface area contributed by atoms with E-state index in [2.05, 4.69) is 16.9 Å². The van der Waals surface area contributed by atoms with E-state index in [-0.39, 0.29) is 16.7 Å². The number of aromatic nitrogens is 2. The highest BCUT2D eigenvalue weighted by atomic mass is 32.2. The van der Waals surface area contributed by atoms with Crippen molar-refractivity contribution >= 4 is 34.0 Å². The molecule has 112 valence electrons. The van der Waals surface area contributed by atoms with Gasteiger partial charge in [0.05, 0.1) is 10.9 Å². The summed E-state index contributed by atoms with van der Waals surface area (Å²) in [6, 6.07) is 1.54. The van der Waals surface area contributed by atoms with Crippen LogP contribution >= 0.6 is 23.1 Å². The first-order valence-corrected chi connectivity index (χ1v) is 8.42. The minimum absolute atomic E-state index is 0.0373. The molecule has 0 aromatic carbocycles. The first kappa shape index (κ1) is 15.8. The Hall–Kier alpha value is -1.60. The van der Waals surface area contributed by atoms with E-state index in [0.717, 1.165) is 5.69 Å². The third kappa shape index (κ3) is 3.74. The fraction of sp³-hybridized carbons (Fsp3) is 0.357. The molecule has 1 atom stereocenters. The Bertz CT molecular complexity index is 721. The Morgan fingerprint density at radius 2 is 2.43 bits per heavy atom. The molecule has 2 aromatic heterocycles. The van der Waals surface area contributed by atoms with Crippen LogP contribution in [-0.2, 0) is 10.5 Å². The van der Waals surface area contributed by atoms with Gasteiger partial charge in [-0.05, 0) is 13.8 Å². The second kappa shape index (κ2) is 6.91. The van der Waals surface area contributed by atoms with E-state index in [9.17, 15) is 9.59 Å². The van der Waals surface area contributed by atoms with Crippen LogP contribution < -0.4 is 10.9 Å². The summed E-state index contributed by atoms with van der Waals surface area (Å²) in [5.74, 6) is 0.496. The van der Waals surface area contributed by atoms with E-state index in [1.165, 1.54) is 29.2 Å². The topological polar surface area (TPSA) is 63.5 Å². The number of rotatable bonds is 6. The predicted molar refractivity (Wildman–Crippen MR) is 88.0 cm³/mol. The number of hydrogen-bond acceptors (Lipinski definition) is 5. The molecule has 0 aliphatic carbocycles. The van der Waals surface area contributed by atoms with Gasteiger partial charge in [0.15, 0.2) is 4.96 Å². The number of nitrogens with zero attached hydrogens (tertiary/aromatic N) is 2. The molecule has 0 saturated heterocycles. The highest BCUT2D eigenvalue weighted by Crippen LogP contribution is 2.18. The molecule has 1 amide bonds. The Labute approximate surface area is 131 Å². The molecule has 2 aromatic rings. The lowest BCUT2D eigenvalue weighted by atomic mass is 10.4. The van der Waals surface area contributed by atoms with Crippen LogP contribution in [0.15, 0.2) is 28.9 Å². The zero-order chi connectivity index (χ0) is 15.4. The van der Waals surface area contributed by atoms with Crippen molar-refractivity contribution in [3.63, 3.8) is 0 Å². The summed E-state index contributed by atoms with van der Waals surface area (Å²) in [5, 5.41) is 4.46. The molecular formula is C14H17N3O2S2. The van der Waals surface area contributed by atoms with Gasteiger partial charge in [-0.2, -0.15) is 0 Å². The largest absolute Gasteiger partial charge is 0.352 e. The highest BCUT2D eigenvalue weighted by Gasteiger charge is 2.14. The van der Waals surface area contributed by atoms with Gasteiger partial charge in [0.2, 0.25) is 5.91 Å². The zero-order valence-corrected chi connectivity index (χ0v) is 13.6. The summed E-state index contributed by atoms with van der Waals surface area (Å²) in [4.78, 5) is 28.9. The Morgan fingerprint density at radius 3 is 3.14 bits per heavy atom. The van der Waals surface area contributed by atoms with Gasteiger partial charge in [-0.3, -0.25) is 14.0 Å². The van der Waals surface area contributed by atoms with E-state index in [4.69, 9.17) is 0 Å². The first-order chi connectivity index (χ1) is 10.0. The number of hydrogen-bond donors (Lipinski definition) is 1. The molecule has 0 spiro atoms. The van der Waals surface area contributed by atoms with E-state index >= 15 is 0 Å². The van der Waals surface area contributed by atoms with Gasteiger partial charge >= 0.3 is 0 Å². The lowest BCUT2D eigenvalue weighted by molar-refractivity contribution is -0.120. The van der Waals surface area contributed by atoms with Crippen LogP contribution in [0, 0.1) is 6.92 Å². The Morgan fingerprint density at radius 1 is 1.67 bits per heavy atom.